The molecule has 0 saturated heterocycles. The molecule has 0 saturated carbocycles. The van der Waals surface area contributed by atoms with Crippen molar-refractivity contribution in [2.75, 3.05) is 0 Å². The fourth-order valence-corrected chi connectivity index (χ4v) is 2.11. The third-order valence-corrected chi connectivity index (χ3v) is 2.83. The molecule has 2 aromatic rings. The first kappa shape index (κ1) is 9.08. The molecule has 1 N–H and O–H groups in total. The Kier molecular flexibility index (Phi) is 1.96. The second kappa shape index (κ2) is 3.02. The molecule has 0 bridgehead atoms. The topological polar surface area (TPSA) is 37.3 Å². The zero-order chi connectivity index (χ0) is 10.3. The Labute approximate surface area is 81.4 Å². The van der Waals surface area contributed by atoms with E-state index in [9.17, 15) is 13.6 Å². The van der Waals surface area contributed by atoms with Crippen molar-refractivity contribution in [1.29, 1.82) is 0 Å². The minimum absolute atomic E-state index is 0.00417. The first-order valence-corrected chi connectivity index (χ1v) is 4.51. The third-order valence-electron chi connectivity index (χ3n) is 1.76. The number of carboxylic acids is 1. The van der Waals surface area contributed by atoms with E-state index in [1.54, 1.807) is 0 Å². The average Bonchev–Trinajstić information content (AvgIpc) is 2.47. The standard InChI is InChI=1S/C9H4F2O2S/c10-4-1-6(11)5-3-8(9(12)13)14-7(5)2-4/h1-3H,(H,12,13). The van der Waals surface area contributed by atoms with Crippen molar-refractivity contribution in [3.8, 4) is 0 Å². The van der Waals surface area contributed by atoms with Crippen molar-refractivity contribution < 1.29 is 18.7 Å². The molecular weight excluding hydrogens is 210 g/mol. The number of halogens is 2. The molecule has 0 fully saturated rings. The molecule has 72 valence electrons. The van der Waals surface area contributed by atoms with Gasteiger partial charge in [0.2, 0.25) is 0 Å². The van der Waals surface area contributed by atoms with Gasteiger partial charge in [0.15, 0.2) is 0 Å². The molecule has 0 atom stereocenters. The summed E-state index contributed by atoms with van der Waals surface area (Å²) < 4.78 is 26.1. The third kappa shape index (κ3) is 1.35. The van der Waals surface area contributed by atoms with E-state index in [0.29, 0.717) is 4.70 Å². The van der Waals surface area contributed by atoms with Crippen LogP contribution in [-0.4, -0.2) is 11.1 Å². The summed E-state index contributed by atoms with van der Waals surface area (Å²) >= 11 is 0.854. The average molecular weight is 214 g/mol. The number of hydrogen-bond acceptors (Lipinski definition) is 2. The predicted octanol–water partition coefficient (Wildman–Crippen LogP) is 2.88. The van der Waals surface area contributed by atoms with E-state index in [2.05, 4.69) is 0 Å². The Bertz CT molecular complexity index is 519. The highest BCUT2D eigenvalue weighted by Gasteiger charge is 2.12. The van der Waals surface area contributed by atoms with E-state index >= 15 is 0 Å². The van der Waals surface area contributed by atoms with E-state index in [1.165, 1.54) is 6.07 Å². The zero-order valence-corrected chi connectivity index (χ0v) is 7.57. The van der Waals surface area contributed by atoms with Crippen molar-refractivity contribution in [1.82, 2.24) is 0 Å². The second-order valence-electron chi connectivity index (χ2n) is 2.72. The van der Waals surface area contributed by atoms with Gasteiger partial charge in [0.1, 0.15) is 16.5 Å². The number of aromatic carboxylic acids is 1. The van der Waals surface area contributed by atoms with Crippen LogP contribution >= 0.6 is 11.3 Å². The first-order valence-electron chi connectivity index (χ1n) is 3.70. The lowest BCUT2D eigenvalue weighted by Gasteiger charge is -1.91. The van der Waals surface area contributed by atoms with Gasteiger partial charge in [0.05, 0.1) is 0 Å². The Morgan fingerprint density at radius 2 is 2.00 bits per heavy atom. The van der Waals surface area contributed by atoms with Crippen LogP contribution in [0.15, 0.2) is 18.2 Å². The monoisotopic (exact) mass is 214 g/mol. The largest absolute Gasteiger partial charge is 0.477 e. The lowest BCUT2D eigenvalue weighted by molar-refractivity contribution is 0.0702. The fraction of sp³-hybridized carbons (Fsp3) is 0. The van der Waals surface area contributed by atoms with E-state index in [-0.39, 0.29) is 10.3 Å². The van der Waals surface area contributed by atoms with Crippen LogP contribution in [0.4, 0.5) is 8.78 Å². The highest BCUT2D eigenvalue weighted by atomic mass is 32.1. The summed E-state index contributed by atoms with van der Waals surface area (Å²) in [7, 11) is 0. The van der Waals surface area contributed by atoms with Crippen LogP contribution in [0, 0.1) is 11.6 Å². The molecule has 0 spiro atoms. The van der Waals surface area contributed by atoms with Crippen LogP contribution in [0.3, 0.4) is 0 Å². The van der Waals surface area contributed by atoms with Gasteiger partial charge >= 0.3 is 5.97 Å². The molecule has 0 radical (unpaired) electrons. The van der Waals surface area contributed by atoms with Crippen molar-refractivity contribution in [3.63, 3.8) is 0 Å². The Morgan fingerprint density at radius 1 is 1.29 bits per heavy atom. The molecule has 1 heterocycles. The highest BCUT2D eigenvalue weighted by Crippen LogP contribution is 2.28. The Morgan fingerprint density at radius 3 is 2.64 bits per heavy atom. The molecule has 1 aromatic heterocycles. The molecule has 14 heavy (non-hydrogen) atoms. The van der Waals surface area contributed by atoms with Gasteiger partial charge in [-0.15, -0.1) is 11.3 Å². The molecule has 2 rings (SSSR count). The van der Waals surface area contributed by atoms with Crippen LogP contribution in [0.2, 0.25) is 0 Å². The van der Waals surface area contributed by atoms with Crippen molar-refractivity contribution in [3.05, 3.63) is 34.7 Å². The smallest absolute Gasteiger partial charge is 0.345 e. The summed E-state index contributed by atoms with van der Waals surface area (Å²) in [6, 6.07) is 3.06. The number of carbonyl (C=O) groups is 1. The minimum Gasteiger partial charge on any atom is -0.477 e. The van der Waals surface area contributed by atoms with Crippen LogP contribution in [-0.2, 0) is 0 Å². The number of rotatable bonds is 1. The Hall–Kier alpha value is -1.49. The number of benzene rings is 1. The zero-order valence-electron chi connectivity index (χ0n) is 6.75. The molecule has 0 unspecified atom stereocenters. The summed E-state index contributed by atoms with van der Waals surface area (Å²) in [5.74, 6) is -2.57. The van der Waals surface area contributed by atoms with E-state index in [1.807, 2.05) is 0 Å². The van der Waals surface area contributed by atoms with Gasteiger partial charge in [-0.25, -0.2) is 13.6 Å². The normalized spacial score (nSPS) is 10.7. The maximum Gasteiger partial charge on any atom is 0.345 e. The van der Waals surface area contributed by atoms with Crippen LogP contribution in [0.25, 0.3) is 10.1 Å². The minimum atomic E-state index is -1.13. The fourth-order valence-electron chi connectivity index (χ4n) is 1.17. The maximum atomic E-state index is 13.1. The van der Waals surface area contributed by atoms with Crippen molar-refractivity contribution in [2.45, 2.75) is 0 Å². The van der Waals surface area contributed by atoms with Gasteiger partial charge < -0.3 is 5.11 Å². The summed E-state index contributed by atoms with van der Waals surface area (Å²) in [6.45, 7) is 0. The summed E-state index contributed by atoms with van der Waals surface area (Å²) in [5.41, 5.74) is 0. The molecule has 2 nitrogen and oxygen atoms in total. The Balaban J connectivity index is 2.76. The van der Waals surface area contributed by atoms with Gasteiger partial charge in [0, 0.05) is 16.2 Å². The van der Waals surface area contributed by atoms with Gasteiger partial charge in [-0.05, 0) is 12.1 Å². The molecule has 0 aliphatic heterocycles. The van der Waals surface area contributed by atoms with E-state index in [4.69, 9.17) is 5.11 Å². The molecule has 1 aromatic carbocycles. The molecule has 0 amide bonds. The lowest BCUT2D eigenvalue weighted by Crippen LogP contribution is -1.89. The van der Waals surface area contributed by atoms with Crippen LogP contribution < -0.4 is 0 Å². The SMILES string of the molecule is O=C(O)c1cc2c(F)cc(F)cc2s1. The second-order valence-corrected chi connectivity index (χ2v) is 3.80. The van der Waals surface area contributed by atoms with Crippen LogP contribution in [0.1, 0.15) is 9.67 Å². The number of thiophene rings is 1. The highest BCUT2D eigenvalue weighted by molar-refractivity contribution is 7.20. The number of hydrogen-bond donors (Lipinski definition) is 1. The number of fused-ring (bicyclic) bond motifs is 1. The van der Waals surface area contributed by atoms with Crippen LogP contribution in [0.5, 0.6) is 0 Å². The molecule has 5 heteroatoms. The molecular formula is C9H4F2O2S. The molecule has 0 aliphatic rings. The van der Waals surface area contributed by atoms with Gasteiger partial charge in [-0.2, -0.15) is 0 Å². The maximum absolute atomic E-state index is 13.1. The quantitative estimate of drug-likeness (QED) is 0.792. The van der Waals surface area contributed by atoms with Crippen molar-refractivity contribution >= 4 is 27.4 Å². The van der Waals surface area contributed by atoms with Gasteiger partial charge in [-0.3, -0.25) is 0 Å². The molecule has 0 aliphatic carbocycles. The lowest BCUT2D eigenvalue weighted by atomic mass is 10.2. The van der Waals surface area contributed by atoms with Gasteiger partial charge in [0.25, 0.3) is 0 Å². The first-order chi connectivity index (χ1) is 6.58. The summed E-state index contributed by atoms with van der Waals surface area (Å²) in [6.07, 6.45) is 0. The van der Waals surface area contributed by atoms with Crippen molar-refractivity contribution in [2.24, 2.45) is 0 Å². The summed E-state index contributed by atoms with van der Waals surface area (Å²) in [4.78, 5) is 10.6. The van der Waals surface area contributed by atoms with E-state index in [0.717, 1.165) is 23.5 Å². The predicted molar refractivity (Wildman–Crippen MR) is 48.7 cm³/mol. The van der Waals surface area contributed by atoms with Gasteiger partial charge in [-0.1, -0.05) is 0 Å². The number of carboxylic acid groups (broad SMARTS) is 1. The summed E-state index contributed by atoms with van der Waals surface area (Å²) in [5, 5.41) is 8.79. The van der Waals surface area contributed by atoms with E-state index < -0.39 is 17.6 Å².